The molecule has 5 heteroatoms. The Bertz CT molecular complexity index is 1130. The van der Waals surface area contributed by atoms with E-state index in [-0.39, 0.29) is 6.10 Å². The van der Waals surface area contributed by atoms with Crippen molar-refractivity contribution < 1.29 is 9.47 Å². The number of H-pyrrole nitrogens is 1. The summed E-state index contributed by atoms with van der Waals surface area (Å²) in [7, 11) is 0. The second-order valence-electron chi connectivity index (χ2n) is 8.20. The highest BCUT2D eigenvalue weighted by Crippen LogP contribution is 2.32. The number of nitrogens with one attached hydrogen (secondary N) is 1. The molecule has 154 valence electrons. The van der Waals surface area contributed by atoms with E-state index in [9.17, 15) is 0 Å². The van der Waals surface area contributed by atoms with Crippen LogP contribution < -0.4 is 4.74 Å². The number of fused-ring (bicyclic) bond motifs is 3. The molecule has 3 aromatic heterocycles. The lowest BCUT2D eigenvalue weighted by Crippen LogP contribution is -2.36. The molecule has 5 nitrogen and oxygen atoms in total. The van der Waals surface area contributed by atoms with Gasteiger partial charge < -0.3 is 14.5 Å². The third-order valence-corrected chi connectivity index (χ3v) is 5.95. The van der Waals surface area contributed by atoms with Crippen LogP contribution in [0.3, 0.4) is 0 Å². The van der Waals surface area contributed by atoms with Crippen LogP contribution in [-0.4, -0.2) is 34.3 Å². The van der Waals surface area contributed by atoms with E-state index >= 15 is 0 Å². The Morgan fingerprint density at radius 2 is 1.90 bits per heavy atom. The number of rotatable bonds is 8. The third kappa shape index (κ3) is 3.90. The molecule has 30 heavy (non-hydrogen) atoms. The van der Waals surface area contributed by atoms with Gasteiger partial charge in [0.05, 0.1) is 0 Å². The summed E-state index contributed by atoms with van der Waals surface area (Å²) < 4.78 is 11.7. The standard InChI is InChI=1S/C25H27N3O2/c1-2-3-10-29-16-17-11-20(12-17)30-25-7-5-19(14-27-25)18-4-6-21-22-15-26-9-8-23(22)28-24(21)13-18/h4-9,13-15,17,20,28H,2-3,10-12,16H2,1H3. The number of pyridine rings is 2. The van der Waals surface area contributed by atoms with Crippen molar-refractivity contribution in [1.29, 1.82) is 0 Å². The molecule has 1 aromatic carbocycles. The average molecular weight is 402 g/mol. The maximum atomic E-state index is 6.03. The van der Waals surface area contributed by atoms with E-state index in [0.717, 1.165) is 60.0 Å². The van der Waals surface area contributed by atoms with Crippen molar-refractivity contribution in [3.05, 3.63) is 55.0 Å². The fourth-order valence-electron chi connectivity index (χ4n) is 4.12. The number of unbranched alkanes of at least 4 members (excludes halogenated alkanes) is 1. The van der Waals surface area contributed by atoms with E-state index in [1.165, 1.54) is 11.8 Å². The van der Waals surface area contributed by atoms with Crippen LogP contribution >= 0.6 is 0 Å². The monoisotopic (exact) mass is 401 g/mol. The number of nitrogens with zero attached hydrogens (tertiary/aromatic N) is 2. The number of aromatic nitrogens is 3. The molecule has 0 unspecified atom stereocenters. The average Bonchev–Trinajstić information content (AvgIpc) is 3.13. The summed E-state index contributed by atoms with van der Waals surface area (Å²) in [5, 5.41) is 2.34. The summed E-state index contributed by atoms with van der Waals surface area (Å²) in [5.74, 6) is 1.33. The minimum atomic E-state index is 0.263. The first-order valence-electron chi connectivity index (χ1n) is 10.9. The zero-order valence-corrected chi connectivity index (χ0v) is 17.3. The highest BCUT2D eigenvalue weighted by atomic mass is 16.5. The second kappa shape index (κ2) is 8.44. The van der Waals surface area contributed by atoms with Crippen molar-refractivity contribution >= 4 is 21.8 Å². The van der Waals surface area contributed by atoms with Crippen molar-refractivity contribution in [2.45, 2.75) is 38.7 Å². The molecule has 0 saturated heterocycles. The molecule has 1 N–H and O–H groups in total. The summed E-state index contributed by atoms with van der Waals surface area (Å²) in [5.41, 5.74) is 4.43. The van der Waals surface area contributed by atoms with E-state index in [2.05, 4.69) is 46.1 Å². The van der Waals surface area contributed by atoms with Crippen molar-refractivity contribution in [1.82, 2.24) is 15.0 Å². The smallest absolute Gasteiger partial charge is 0.213 e. The van der Waals surface area contributed by atoms with Gasteiger partial charge in [0.25, 0.3) is 0 Å². The van der Waals surface area contributed by atoms with Gasteiger partial charge in [0, 0.05) is 65.2 Å². The van der Waals surface area contributed by atoms with Gasteiger partial charge >= 0.3 is 0 Å². The van der Waals surface area contributed by atoms with Gasteiger partial charge in [0.15, 0.2) is 0 Å². The normalized spacial score (nSPS) is 18.6. The van der Waals surface area contributed by atoms with E-state index < -0.39 is 0 Å². The molecule has 3 heterocycles. The maximum absolute atomic E-state index is 6.03. The summed E-state index contributed by atoms with van der Waals surface area (Å²) in [4.78, 5) is 12.2. The van der Waals surface area contributed by atoms with Gasteiger partial charge in [-0.15, -0.1) is 0 Å². The minimum Gasteiger partial charge on any atom is -0.474 e. The first kappa shape index (κ1) is 19.1. The lowest BCUT2D eigenvalue weighted by molar-refractivity contribution is 0.000375. The Morgan fingerprint density at radius 1 is 1.00 bits per heavy atom. The number of ether oxygens (including phenoxy) is 2. The van der Waals surface area contributed by atoms with Crippen LogP contribution in [0.2, 0.25) is 0 Å². The number of hydrogen-bond acceptors (Lipinski definition) is 4. The summed E-state index contributed by atoms with van der Waals surface area (Å²) in [6.07, 6.45) is 10.3. The topological polar surface area (TPSA) is 60.0 Å². The molecular formula is C25H27N3O2. The zero-order chi connectivity index (χ0) is 20.3. The maximum Gasteiger partial charge on any atom is 0.213 e. The fourth-order valence-corrected chi connectivity index (χ4v) is 4.12. The number of benzene rings is 1. The van der Waals surface area contributed by atoms with Gasteiger partial charge in [-0.3, -0.25) is 4.98 Å². The molecule has 0 radical (unpaired) electrons. The molecule has 5 rings (SSSR count). The summed E-state index contributed by atoms with van der Waals surface area (Å²) >= 11 is 0. The highest BCUT2D eigenvalue weighted by Gasteiger charge is 2.31. The van der Waals surface area contributed by atoms with Crippen molar-refractivity contribution in [2.75, 3.05) is 13.2 Å². The van der Waals surface area contributed by atoms with Gasteiger partial charge in [0.1, 0.15) is 6.10 Å². The van der Waals surface area contributed by atoms with E-state index in [0.29, 0.717) is 11.8 Å². The van der Waals surface area contributed by atoms with Gasteiger partial charge in [-0.2, -0.15) is 0 Å². The Hall–Kier alpha value is -2.92. The number of aromatic amines is 1. The molecule has 0 amide bonds. The van der Waals surface area contributed by atoms with Crippen molar-refractivity contribution in [3.8, 4) is 17.0 Å². The quantitative estimate of drug-likeness (QED) is 0.382. The first-order valence-corrected chi connectivity index (χ1v) is 10.9. The van der Waals surface area contributed by atoms with Crippen LogP contribution in [-0.2, 0) is 4.74 Å². The van der Waals surface area contributed by atoms with Crippen LogP contribution in [0.1, 0.15) is 32.6 Å². The highest BCUT2D eigenvalue weighted by molar-refractivity contribution is 6.07. The Balaban J connectivity index is 1.21. The van der Waals surface area contributed by atoms with Crippen LogP contribution in [0.4, 0.5) is 0 Å². The van der Waals surface area contributed by atoms with E-state index in [4.69, 9.17) is 9.47 Å². The Kier molecular flexibility index (Phi) is 5.37. The molecule has 1 fully saturated rings. The molecule has 0 spiro atoms. The SMILES string of the molecule is CCCCOCC1CC(Oc2ccc(-c3ccc4c(c3)[nH]c3ccncc34)cn2)C1. The van der Waals surface area contributed by atoms with Crippen molar-refractivity contribution in [3.63, 3.8) is 0 Å². The molecule has 0 bridgehead atoms. The van der Waals surface area contributed by atoms with Crippen molar-refractivity contribution in [2.24, 2.45) is 5.92 Å². The zero-order valence-electron chi connectivity index (χ0n) is 17.3. The van der Waals surface area contributed by atoms with E-state index in [1.54, 1.807) is 0 Å². The summed E-state index contributed by atoms with van der Waals surface area (Å²) in [6, 6.07) is 12.5. The van der Waals surface area contributed by atoms with Gasteiger partial charge in [-0.25, -0.2) is 4.98 Å². The lowest BCUT2D eigenvalue weighted by Gasteiger charge is -2.34. The van der Waals surface area contributed by atoms with Crippen LogP contribution in [0, 0.1) is 5.92 Å². The Labute approximate surface area is 176 Å². The molecule has 1 aliphatic carbocycles. The van der Waals surface area contributed by atoms with E-state index in [1.807, 2.05) is 30.7 Å². The largest absolute Gasteiger partial charge is 0.474 e. The third-order valence-electron chi connectivity index (χ3n) is 5.95. The molecular weight excluding hydrogens is 374 g/mol. The second-order valence-corrected chi connectivity index (χ2v) is 8.20. The lowest BCUT2D eigenvalue weighted by atomic mass is 9.83. The fraction of sp³-hybridized carbons (Fsp3) is 0.360. The molecule has 4 aromatic rings. The summed E-state index contributed by atoms with van der Waals surface area (Å²) in [6.45, 7) is 3.92. The first-order chi connectivity index (χ1) is 14.8. The van der Waals surface area contributed by atoms with Gasteiger partial charge in [0.2, 0.25) is 5.88 Å². The predicted octanol–water partition coefficient (Wildman–Crippen LogP) is 5.75. The molecule has 1 aliphatic rings. The predicted molar refractivity (Wildman–Crippen MR) is 120 cm³/mol. The molecule has 0 atom stereocenters. The molecule has 1 saturated carbocycles. The van der Waals surface area contributed by atoms with Gasteiger partial charge in [-0.05, 0) is 48.9 Å². The minimum absolute atomic E-state index is 0.263. The van der Waals surface area contributed by atoms with Crippen LogP contribution in [0.5, 0.6) is 5.88 Å². The molecule has 0 aliphatic heterocycles. The van der Waals surface area contributed by atoms with Gasteiger partial charge in [-0.1, -0.05) is 25.5 Å². The number of hydrogen-bond donors (Lipinski definition) is 1. The van der Waals surface area contributed by atoms with Crippen LogP contribution in [0.25, 0.3) is 32.9 Å². The Morgan fingerprint density at radius 3 is 2.73 bits per heavy atom. The van der Waals surface area contributed by atoms with Crippen LogP contribution in [0.15, 0.2) is 55.0 Å².